The molecule has 35 heavy (non-hydrogen) atoms. The van der Waals surface area contributed by atoms with Gasteiger partial charge >= 0.3 is 6.09 Å². The third-order valence-corrected chi connectivity index (χ3v) is 10.1. The van der Waals surface area contributed by atoms with E-state index in [1.165, 1.54) is 23.2 Å². The number of sulfonamides is 1. The van der Waals surface area contributed by atoms with Crippen LogP contribution in [0.25, 0.3) is 0 Å². The molecule has 1 N–H and O–H groups in total. The van der Waals surface area contributed by atoms with Crippen LogP contribution in [0.3, 0.4) is 0 Å². The van der Waals surface area contributed by atoms with Crippen LogP contribution in [0.4, 0.5) is 20.6 Å². The zero-order chi connectivity index (χ0) is 26.0. The number of ether oxygens (including phenoxy) is 1. The minimum Gasteiger partial charge on any atom is -0.465 e. The zero-order valence-corrected chi connectivity index (χ0v) is 23.3. The van der Waals surface area contributed by atoms with Crippen molar-refractivity contribution in [1.82, 2.24) is 9.27 Å². The maximum absolute atomic E-state index is 15.3. The molecule has 1 aliphatic rings. The van der Waals surface area contributed by atoms with E-state index in [1.807, 2.05) is 4.90 Å². The second-order valence-corrected chi connectivity index (χ2v) is 18.0. The standard InChI is InChI=1S/C22H33FN4O5S2Si/c1-16-10-21(19(23)11-20(16)25(2)17-6-7-26(13-17)22(28)29)34(30,31)27(18-12-24-33-14-18)15-32-8-9-35(3,4)5/h10-12,14,17H,6-9,13,15H2,1-5H3,(H,28,29). The van der Waals surface area contributed by atoms with Crippen LogP contribution in [0.15, 0.2) is 28.6 Å². The molecular weight excluding hydrogens is 511 g/mol. The topological polar surface area (TPSA) is 103 Å². The Morgan fingerprint density at radius 2 is 2.09 bits per heavy atom. The molecular formula is C22H33FN4O5S2Si. The SMILES string of the molecule is Cc1cc(S(=O)(=O)N(COCC[Si](C)(C)C)c2cnsc2)c(F)cc1N(C)C1CCN(C(=O)O)C1. The Morgan fingerprint density at radius 1 is 1.37 bits per heavy atom. The molecule has 1 amide bonds. The lowest BCUT2D eigenvalue weighted by Gasteiger charge is -2.29. The molecule has 1 atom stereocenters. The van der Waals surface area contributed by atoms with Gasteiger partial charge in [0.05, 0.1) is 11.9 Å². The third-order valence-electron chi connectivity index (χ3n) is 6.09. The first kappa shape index (κ1) is 27.4. The van der Waals surface area contributed by atoms with Crippen molar-refractivity contribution < 1.29 is 27.4 Å². The van der Waals surface area contributed by atoms with Crippen molar-refractivity contribution in [2.75, 3.05) is 42.7 Å². The highest BCUT2D eigenvalue weighted by molar-refractivity contribution is 7.92. The lowest BCUT2D eigenvalue weighted by Crippen LogP contribution is -2.37. The lowest BCUT2D eigenvalue weighted by atomic mass is 10.1. The number of aryl methyl sites for hydroxylation is 1. The quantitative estimate of drug-likeness (QED) is 0.270. The van der Waals surface area contributed by atoms with Gasteiger partial charge < -0.3 is 19.6 Å². The van der Waals surface area contributed by atoms with Crippen LogP contribution >= 0.6 is 11.5 Å². The summed E-state index contributed by atoms with van der Waals surface area (Å²) in [4.78, 5) is 13.9. The highest BCUT2D eigenvalue weighted by Crippen LogP contribution is 2.32. The number of rotatable bonds is 10. The van der Waals surface area contributed by atoms with Crippen LogP contribution in [0.5, 0.6) is 0 Å². The summed E-state index contributed by atoms with van der Waals surface area (Å²) >= 11 is 1.10. The van der Waals surface area contributed by atoms with E-state index in [4.69, 9.17) is 4.74 Å². The molecule has 1 aliphatic heterocycles. The third kappa shape index (κ3) is 6.51. The van der Waals surface area contributed by atoms with Crippen LogP contribution in [0, 0.1) is 12.7 Å². The van der Waals surface area contributed by atoms with Gasteiger partial charge in [0.25, 0.3) is 10.0 Å². The van der Waals surface area contributed by atoms with E-state index in [0.717, 1.165) is 21.9 Å². The minimum absolute atomic E-state index is 0.125. The molecule has 1 aromatic carbocycles. The molecule has 9 nitrogen and oxygen atoms in total. The molecule has 1 saturated heterocycles. The maximum atomic E-state index is 15.3. The summed E-state index contributed by atoms with van der Waals surface area (Å²) < 4.78 is 53.2. The molecule has 0 spiro atoms. The maximum Gasteiger partial charge on any atom is 0.407 e. The monoisotopic (exact) mass is 544 g/mol. The van der Waals surface area contributed by atoms with E-state index in [-0.39, 0.29) is 12.8 Å². The number of halogens is 1. The highest BCUT2D eigenvalue weighted by atomic mass is 32.2. The summed E-state index contributed by atoms with van der Waals surface area (Å²) in [6, 6.07) is 3.29. The highest BCUT2D eigenvalue weighted by Gasteiger charge is 2.33. The van der Waals surface area contributed by atoms with Crippen molar-refractivity contribution in [2.45, 2.75) is 50.0 Å². The van der Waals surface area contributed by atoms with Gasteiger partial charge in [-0.05, 0) is 48.6 Å². The molecule has 1 fully saturated rings. The summed E-state index contributed by atoms with van der Waals surface area (Å²) in [5, 5.41) is 10.8. The van der Waals surface area contributed by atoms with Crippen LogP contribution in [-0.2, 0) is 14.8 Å². The summed E-state index contributed by atoms with van der Waals surface area (Å²) in [5.41, 5.74) is 1.42. The fourth-order valence-corrected chi connectivity index (χ4v) is 6.71. The van der Waals surface area contributed by atoms with Gasteiger partial charge in [-0.15, -0.1) is 0 Å². The number of amides is 1. The summed E-state index contributed by atoms with van der Waals surface area (Å²) in [7, 11) is -3.87. The number of likely N-dealkylation sites (N-methyl/N-ethyl adjacent to an activating group) is 1. The molecule has 1 aromatic heterocycles. The first-order valence-electron chi connectivity index (χ1n) is 11.3. The van der Waals surface area contributed by atoms with E-state index >= 15 is 4.39 Å². The van der Waals surface area contributed by atoms with Gasteiger partial charge in [0.2, 0.25) is 0 Å². The Morgan fingerprint density at radius 3 is 2.66 bits per heavy atom. The first-order chi connectivity index (χ1) is 16.3. The summed E-state index contributed by atoms with van der Waals surface area (Å²) in [6.45, 7) is 9.21. The van der Waals surface area contributed by atoms with E-state index in [1.54, 1.807) is 19.4 Å². The molecule has 2 aromatic rings. The van der Waals surface area contributed by atoms with Gasteiger partial charge in [-0.2, -0.15) is 4.37 Å². The van der Waals surface area contributed by atoms with Gasteiger partial charge in [-0.3, -0.25) is 0 Å². The fraction of sp³-hybridized carbons (Fsp3) is 0.545. The van der Waals surface area contributed by atoms with E-state index < -0.39 is 34.9 Å². The zero-order valence-electron chi connectivity index (χ0n) is 20.7. The molecule has 3 rings (SSSR count). The van der Waals surface area contributed by atoms with E-state index in [0.29, 0.717) is 43.1 Å². The Balaban J connectivity index is 1.86. The van der Waals surface area contributed by atoms with Crippen molar-refractivity contribution in [2.24, 2.45) is 0 Å². The first-order valence-corrected chi connectivity index (χ1v) is 17.3. The largest absolute Gasteiger partial charge is 0.465 e. The van der Waals surface area contributed by atoms with Crippen LogP contribution < -0.4 is 9.21 Å². The van der Waals surface area contributed by atoms with E-state index in [9.17, 15) is 18.3 Å². The van der Waals surface area contributed by atoms with Crippen molar-refractivity contribution in [3.8, 4) is 0 Å². The molecule has 194 valence electrons. The molecule has 1 unspecified atom stereocenters. The Hall–Kier alpha value is -2.22. The van der Waals surface area contributed by atoms with Crippen molar-refractivity contribution in [3.05, 3.63) is 35.1 Å². The molecule has 0 aliphatic carbocycles. The summed E-state index contributed by atoms with van der Waals surface area (Å²) in [6.07, 6.45) is 1.04. The summed E-state index contributed by atoms with van der Waals surface area (Å²) in [5.74, 6) is -0.874. The number of benzene rings is 1. The van der Waals surface area contributed by atoms with Crippen LogP contribution in [0.2, 0.25) is 25.7 Å². The average Bonchev–Trinajstić information content (AvgIpc) is 3.45. The Kier molecular flexibility index (Phi) is 8.45. The smallest absolute Gasteiger partial charge is 0.407 e. The second-order valence-electron chi connectivity index (χ2n) is 9.94. The fourth-order valence-electron chi connectivity index (χ4n) is 3.90. The molecule has 0 radical (unpaired) electrons. The predicted octanol–water partition coefficient (Wildman–Crippen LogP) is 4.29. The number of aromatic nitrogens is 1. The number of carbonyl (C=O) groups is 1. The molecule has 2 heterocycles. The Labute approximate surface area is 211 Å². The predicted molar refractivity (Wildman–Crippen MR) is 138 cm³/mol. The van der Waals surface area contributed by atoms with Gasteiger partial charge in [-0.25, -0.2) is 21.9 Å². The lowest BCUT2D eigenvalue weighted by molar-refractivity contribution is 0.155. The number of likely N-dealkylation sites (tertiary alicyclic amines) is 1. The van der Waals surface area contributed by atoms with Crippen LogP contribution in [0.1, 0.15) is 12.0 Å². The normalized spacial score (nSPS) is 16.5. The minimum atomic E-state index is -4.27. The molecule has 0 saturated carbocycles. The van der Waals surface area contributed by atoms with Crippen molar-refractivity contribution in [3.63, 3.8) is 0 Å². The van der Waals surface area contributed by atoms with Gasteiger partial charge in [-0.1, -0.05) is 19.6 Å². The van der Waals surface area contributed by atoms with Crippen LogP contribution in [-0.4, -0.2) is 76.5 Å². The average molecular weight is 545 g/mol. The Bertz CT molecular complexity index is 1140. The van der Waals surface area contributed by atoms with Crippen molar-refractivity contribution in [1.29, 1.82) is 0 Å². The van der Waals surface area contributed by atoms with Gasteiger partial charge in [0, 0.05) is 51.9 Å². The second kappa shape index (κ2) is 10.8. The number of carboxylic acid groups (broad SMARTS) is 1. The molecule has 0 bridgehead atoms. The number of anilines is 2. The number of hydrogen-bond donors (Lipinski definition) is 1. The van der Waals surface area contributed by atoms with Gasteiger partial charge in [0.1, 0.15) is 17.4 Å². The molecule has 13 heteroatoms. The van der Waals surface area contributed by atoms with E-state index in [2.05, 4.69) is 24.0 Å². The number of hydrogen-bond acceptors (Lipinski definition) is 7. The van der Waals surface area contributed by atoms with Crippen molar-refractivity contribution >= 4 is 47.1 Å². The number of nitrogens with zero attached hydrogens (tertiary/aromatic N) is 4. The van der Waals surface area contributed by atoms with Gasteiger partial charge in [0.15, 0.2) is 0 Å².